The van der Waals surface area contributed by atoms with Crippen LogP contribution in [0.3, 0.4) is 0 Å². The Balaban J connectivity index is 1.37. The van der Waals surface area contributed by atoms with Crippen molar-refractivity contribution in [3.05, 3.63) is 17.8 Å². The second kappa shape index (κ2) is 8.09. The highest BCUT2D eigenvalue weighted by Crippen LogP contribution is 2.16. The maximum atomic E-state index is 12.1. The van der Waals surface area contributed by atoms with Crippen molar-refractivity contribution in [1.29, 1.82) is 0 Å². The molecule has 1 amide bonds. The number of oxazole rings is 1. The number of likely N-dealkylation sites (N-methyl/N-ethyl adjacent to an activating group) is 1. The third-order valence-corrected chi connectivity index (χ3v) is 4.90. The van der Waals surface area contributed by atoms with Crippen LogP contribution >= 0.6 is 0 Å². The number of aryl methyl sites for hydroxylation is 1. The zero-order chi connectivity index (χ0) is 16.9. The Morgan fingerprint density at radius 3 is 3.08 bits per heavy atom. The van der Waals surface area contributed by atoms with E-state index in [9.17, 15) is 4.79 Å². The molecule has 0 aromatic carbocycles. The van der Waals surface area contributed by atoms with Gasteiger partial charge in [-0.25, -0.2) is 4.98 Å². The predicted molar refractivity (Wildman–Crippen MR) is 89.5 cm³/mol. The van der Waals surface area contributed by atoms with E-state index in [1.807, 2.05) is 6.92 Å². The molecule has 2 atom stereocenters. The predicted octanol–water partition coefficient (Wildman–Crippen LogP) is 0.642. The highest BCUT2D eigenvalue weighted by Gasteiger charge is 2.27. The van der Waals surface area contributed by atoms with Gasteiger partial charge < -0.3 is 14.5 Å². The molecule has 0 aliphatic carbocycles. The SMILES string of the molecule is Cc1cnc(CN(C)[C@H]2CCN(CC(=O)NC[C@@H]3CCOC3)C2)o1. The van der Waals surface area contributed by atoms with Gasteiger partial charge in [-0.3, -0.25) is 14.6 Å². The maximum Gasteiger partial charge on any atom is 0.234 e. The molecule has 2 fully saturated rings. The van der Waals surface area contributed by atoms with Crippen LogP contribution in [0, 0.1) is 12.8 Å². The van der Waals surface area contributed by atoms with Crippen molar-refractivity contribution in [1.82, 2.24) is 20.1 Å². The minimum Gasteiger partial charge on any atom is -0.445 e. The number of aromatic nitrogens is 1. The molecule has 7 nitrogen and oxygen atoms in total. The Hall–Kier alpha value is -1.44. The molecule has 3 heterocycles. The lowest BCUT2D eigenvalue weighted by molar-refractivity contribution is -0.122. The number of nitrogens with one attached hydrogen (secondary N) is 1. The zero-order valence-corrected chi connectivity index (χ0v) is 14.7. The zero-order valence-electron chi connectivity index (χ0n) is 14.7. The van der Waals surface area contributed by atoms with E-state index >= 15 is 0 Å². The van der Waals surface area contributed by atoms with Crippen LogP contribution in [0.15, 0.2) is 10.6 Å². The molecule has 0 radical (unpaired) electrons. The first-order valence-corrected chi connectivity index (χ1v) is 8.78. The number of ether oxygens (including phenoxy) is 1. The number of carbonyl (C=O) groups is 1. The van der Waals surface area contributed by atoms with Crippen molar-refractivity contribution in [2.45, 2.75) is 32.4 Å². The number of carbonyl (C=O) groups excluding carboxylic acids is 1. The molecule has 3 rings (SSSR count). The Morgan fingerprint density at radius 2 is 2.38 bits per heavy atom. The summed E-state index contributed by atoms with van der Waals surface area (Å²) < 4.78 is 10.9. The van der Waals surface area contributed by atoms with E-state index in [1.54, 1.807) is 6.20 Å². The Kier molecular flexibility index (Phi) is 5.86. The largest absolute Gasteiger partial charge is 0.445 e. The highest BCUT2D eigenvalue weighted by atomic mass is 16.5. The number of amides is 1. The first-order valence-electron chi connectivity index (χ1n) is 8.78. The summed E-state index contributed by atoms with van der Waals surface area (Å²) in [6.07, 6.45) is 3.88. The van der Waals surface area contributed by atoms with Gasteiger partial charge in [0.25, 0.3) is 0 Å². The van der Waals surface area contributed by atoms with Crippen LogP contribution in [0.1, 0.15) is 24.5 Å². The molecule has 0 saturated carbocycles. The van der Waals surface area contributed by atoms with Gasteiger partial charge in [-0.05, 0) is 26.8 Å². The smallest absolute Gasteiger partial charge is 0.234 e. The van der Waals surface area contributed by atoms with Crippen LogP contribution in [0.5, 0.6) is 0 Å². The van der Waals surface area contributed by atoms with E-state index in [-0.39, 0.29) is 5.91 Å². The summed E-state index contributed by atoms with van der Waals surface area (Å²) in [5, 5.41) is 3.04. The maximum absolute atomic E-state index is 12.1. The summed E-state index contributed by atoms with van der Waals surface area (Å²) in [7, 11) is 2.09. The average Bonchev–Trinajstić information content (AvgIpc) is 3.27. The second-order valence-electron chi connectivity index (χ2n) is 6.99. The van der Waals surface area contributed by atoms with E-state index < -0.39 is 0 Å². The summed E-state index contributed by atoms with van der Waals surface area (Å²) in [6.45, 7) is 7.30. The van der Waals surface area contributed by atoms with E-state index in [0.29, 0.717) is 25.0 Å². The lowest BCUT2D eigenvalue weighted by atomic mass is 10.1. The molecule has 2 aliphatic rings. The van der Waals surface area contributed by atoms with Crippen LogP contribution in [0.2, 0.25) is 0 Å². The van der Waals surface area contributed by atoms with Gasteiger partial charge in [0.05, 0.1) is 25.9 Å². The van der Waals surface area contributed by atoms with Crippen molar-refractivity contribution in [2.24, 2.45) is 5.92 Å². The van der Waals surface area contributed by atoms with Gasteiger partial charge in [-0.15, -0.1) is 0 Å². The molecule has 1 aromatic heterocycles. The normalized spacial score (nSPS) is 24.8. The van der Waals surface area contributed by atoms with Gasteiger partial charge in [-0.1, -0.05) is 0 Å². The summed E-state index contributed by atoms with van der Waals surface area (Å²) in [4.78, 5) is 20.8. The van der Waals surface area contributed by atoms with E-state index in [2.05, 4.69) is 27.1 Å². The van der Waals surface area contributed by atoms with Crippen molar-refractivity contribution in [3.63, 3.8) is 0 Å². The van der Waals surface area contributed by atoms with Crippen molar-refractivity contribution in [3.8, 4) is 0 Å². The lowest BCUT2D eigenvalue weighted by Gasteiger charge is -2.23. The Morgan fingerprint density at radius 1 is 1.50 bits per heavy atom. The molecular weight excluding hydrogens is 308 g/mol. The van der Waals surface area contributed by atoms with E-state index in [4.69, 9.17) is 9.15 Å². The fourth-order valence-electron chi connectivity index (χ4n) is 3.39. The van der Waals surface area contributed by atoms with Crippen LogP contribution in [0.4, 0.5) is 0 Å². The monoisotopic (exact) mass is 336 g/mol. The topological polar surface area (TPSA) is 70.8 Å². The van der Waals surface area contributed by atoms with Crippen molar-refractivity contribution < 1.29 is 13.9 Å². The van der Waals surface area contributed by atoms with Crippen LogP contribution in [0.25, 0.3) is 0 Å². The first-order chi connectivity index (χ1) is 11.6. The lowest BCUT2D eigenvalue weighted by Crippen LogP contribution is -2.40. The minimum atomic E-state index is 0.119. The standard InChI is InChI=1S/C17H28N4O3/c1-13-7-19-17(24-13)11-20(2)15-3-5-21(9-15)10-16(22)18-8-14-4-6-23-12-14/h7,14-15H,3-6,8-12H2,1-2H3,(H,18,22)/t14-,15-/m0/s1. The van der Waals surface area contributed by atoms with Crippen molar-refractivity contribution >= 4 is 5.91 Å². The van der Waals surface area contributed by atoms with E-state index in [0.717, 1.165) is 57.3 Å². The van der Waals surface area contributed by atoms with Crippen LogP contribution in [-0.2, 0) is 16.1 Å². The molecule has 0 bridgehead atoms. The fourth-order valence-corrected chi connectivity index (χ4v) is 3.39. The highest BCUT2D eigenvalue weighted by molar-refractivity contribution is 5.78. The van der Waals surface area contributed by atoms with Gasteiger partial charge in [0.2, 0.25) is 11.8 Å². The quantitative estimate of drug-likeness (QED) is 0.788. The fraction of sp³-hybridized carbons (Fsp3) is 0.765. The summed E-state index contributed by atoms with van der Waals surface area (Å²) in [5.41, 5.74) is 0. The van der Waals surface area contributed by atoms with Crippen molar-refractivity contribution in [2.75, 3.05) is 46.4 Å². The Labute approximate surface area is 143 Å². The average molecular weight is 336 g/mol. The number of rotatable bonds is 7. The van der Waals surface area contributed by atoms with Crippen LogP contribution < -0.4 is 5.32 Å². The molecular formula is C17H28N4O3. The number of likely N-dealkylation sites (tertiary alicyclic amines) is 1. The molecule has 134 valence electrons. The molecule has 7 heteroatoms. The summed E-state index contributed by atoms with van der Waals surface area (Å²) >= 11 is 0. The van der Waals surface area contributed by atoms with E-state index in [1.165, 1.54) is 0 Å². The second-order valence-corrected chi connectivity index (χ2v) is 6.99. The molecule has 24 heavy (non-hydrogen) atoms. The molecule has 2 saturated heterocycles. The molecule has 0 unspecified atom stereocenters. The molecule has 2 aliphatic heterocycles. The molecule has 1 aromatic rings. The first kappa shape index (κ1) is 17.4. The van der Waals surface area contributed by atoms with Gasteiger partial charge in [0.1, 0.15) is 5.76 Å². The third kappa shape index (κ3) is 4.78. The third-order valence-electron chi connectivity index (χ3n) is 4.90. The molecule has 1 N–H and O–H groups in total. The van der Waals surface area contributed by atoms with Gasteiger partial charge in [0.15, 0.2) is 0 Å². The van der Waals surface area contributed by atoms with Gasteiger partial charge >= 0.3 is 0 Å². The Bertz CT molecular complexity index is 542. The van der Waals surface area contributed by atoms with Crippen LogP contribution in [-0.4, -0.2) is 73.2 Å². The summed E-state index contributed by atoms with van der Waals surface area (Å²) in [6, 6.07) is 0.438. The number of nitrogens with zero attached hydrogens (tertiary/aromatic N) is 3. The summed E-state index contributed by atoms with van der Waals surface area (Å²) in [5.74, 6) is 2.20. The van der Waals surface area contributed by atoms with Gasteiger partial charge in [-0.2, -0.15) is 0 Å². The minimum absolute atomic E-state index is 0.119. The number of hydrogen-bond donors (Lipinski definition) is 1. The molecule has 0 spiro atoms. The number of hydrogen-bond acceptors (Lipinski definition) is 6. The van der Waals surface area contributed by atoms with Gasteiger partial charge in [0, 0.05) is 38.2 Å².